The third-order valence-corrected chi connectivity index (χ3v) is 6.01. The molecule has 27 heavy (non-hydrogen) atoms. The predicted molar refractivity (Wildman–Crippen MR) is 100 cm³/mol. The lowest BCUT2D eigenvalue weighted by Gasteiger charge is -2.50. The van der Waals surface area contributed by atoms with Crippen molar-refractivity contribution in [2.75, 3.05) is 33.2 Å². The average Bonchev–Trinajstić information content (AvgIpc) is 2.63. The Morgan fingerprint density at radius 1 is 1.30 bits per heavy atom. The number of aliphatic hydroxyl groups excluding tert-OH is 1. The Morgan fingerprint density at radius 2 is 2.11 bits per heavy atom. The molecule has 4 rings (SSSR count). The van der Waals surface area contributed by atoms with Gasteiger partial charge in [-0.25, -0.2) is 4.39 Å². The maximum atomic E-state index is 13.5. The van der Waals surface area contributed by atoms with Crippen molar-refractivity contribution in [2.24, 2.45) is 5.41 Å². The van der Waals surface area contributed by atoms with E-state index in [-0.39, 0.29) is 16.9 Å². The lowest BCUT2D eigenvalue weighted by molar-refractivity contribution is -0.0730. The summed E-state index contributed by atoms with van der Waals surface area (Å²) in [6, 6.07) is 5.32. The molecule has 2 N–H and O–H groups in total. The molecule has 0 bridgehead atoms. The zero-order valence-electron chi connectivity index (χ0n) is 15.4. The van der Waals surface area contributed by atoms with Crippen LogP contribution in [-0.2, 0) is 0 Å². The van der Waals surface area contributed by atoms with Crippen molar-refractivity contribution in [3.63, 3.8) is 0 Å². The Morgan fingerprint density at radius 3 is 2.93 bits per heavy atom. The zero-order valence-corrected chi connectivity index (χ0v) is 15.4. The Balaban J connectivity index is 1.69. The predicted octanol–water partition coefficient (Wildman–Crippen LogP) is 1.59. The Kier molecular flexibility index (Phi) is 4.52. The highest BCUT2D eigenvalue weighted by Crippen LogP contribution is 2.39. The number of aliphatic hydroxyl groups is 1. The molecule has 7 heteroatoms. The molecule has 2 aromatic rings. The van der Waals surface area contributed by atoms with Crippen LogP contribution in [0.15, 0.2) is 29.1 Å². The standard InChI is InChI=1S/C20H24FN3O3/c1-23-8-5-17(25)20(11-23)6-2-7-24(12-20)19(27)15-10-18(26)22-16-9-13(21)3-4-14(15)16/h3-4,9-10,17,25H,2,5-8,11-12H2,1H3,(H,22,26)/t17-,20-/m0/s1. The number of carbonyl (C=O) groups excluding carboxylic acids is 1. The number of hydrogen-bond acceptors (Lipinski definition) is 4. The molecular weight excluding hydrogens is 349 g/mol. The van der Waals surface area contributed by atoms with E-state index in [2.05, 4.69) is 9.88 Å². The molecule has 2 aliphatic rings. The van der Waals surface area contributed by atoms with Gasteiger partial charge in [-0.15, -0.1) is 0 Å². The molecule has 2 fully saturated rings. The van der Waals surface area contributed by atoms with Crippen molar-refractivity contribution in [2.45, 2.75) is 25.4 Å². The minimum Gasteiger partial charge on any atom is -0.392 e. The quantitative estimate of drug-likeness (QED) is 0.796. The highest BCUT2D eigenvalue weighted by Gasteiger charge is 2.45. The number of hydrogen-bond donors (Lipinski definition) is 2. The Labute approximate surface area is 156 Å². The van der Waals surface area contributed by atoms with Crippen molar-refractivity contribution >= 4 is 16.8 Å². The van der Waals surface area contributed by atoms with E-state index in [0.29, 0.717) is 30.4 Å². The molecule has 6 nitrogen and oxygen atoms in total. The van der Waals surface area contributed by atoms with E-state index in [4.69, 9.17) is 0 Å². The van der Waals surface area contributed by atoms with Crippen LogP contribution in [0.1, 0.15) is 29.6 Å². The number of halogens is 1. The molecule has 0 aliphatic carbocycles. The summed E-state index contributed by atoms with van der Waals surface area (Å²) in [7, 11) is 2.03. The number of aromatic amines is 1. The van der Waals surface area contributed by atoms with Crippen LogP contribution < -0.4 is 5.56 Å². The van der Waals surface area contributed by atoms with Gasteiger partial charge < -0.3 is 19.9 Å². The number of piperidine rings is 2. The summed E-state index contributed by atoms with van der Waals surface area (Å²) in [5.74, 6) is -0.703. The second-order valence-electron chi connectivity index (χ2n) is 7.97. The van der Waals surface area contributed by atoms with Crippen LogP contribution in [0.25, 0.3) is 10.9 Å². The first-order chi connectivity index (χ1) is 12.9. The molecule has 0 unspecified atom stereocenters. The molecule has 2 atom stereocenters. The highest BCUT2D eigenvalue weighted by atomic mass is 19.1. The Bertz CT molecular complexity index is 944. The number of likely N-dealkylation sites (tertiary alicyclic amines) is 2. The van der Waals surface area contributed by atoms with Gasteiger partial charge >= 0.3 is 0 Å². The van der Waals surface area contributed by atoms with Crippen LogP contribution in [0.5, 0.6) is 0 Å². The van der Waals surface area contributed by atoms with Gasteiger partial charge in [0.2, 0.25) is 5.56 Å². The fraction of sp³-hybridized carbons (Fsp3) is 0.500. The van der Waals surface area contributed by atoms with Gasteiger partial charge in [0.25, 0.3) is 5.91 Å². The van der Waals surface area contributed by atoms with Gasteiger partial charge in [0.1, 0.15) is 5.82 Å². The third-order valence-electron chi connectivity index (χ3n) is 6.01. The summed E-state index contributed by atoms with van der Waals surface area (Å²) in [6.45, 7) is 2.65. The van der Waals surface area contributed by atoms with Gasteiger partial charge in [-0.1, -0.05) is 0 Å². The molecular formula is C20H24FN3O3. The molecule has 0 saturated carbocycles. The van der Waals surface area contributed by atoms with Crippen LogP contribution >= 0.6 is 0 Å². The first-order valence-electron chi connectivity index (χ1n) is 9.36. The number of pyridine rings is 1. The fourth-order valence-electron chi connectivity index (χ4n) is 4.69. The van der Waals surface area contributed by atoms with Crippen molar-refractivity contribution in [3.8, 4) is 0 Å². The van der Waals surface area contributed by atoms with Crippen LogP contribution in [0.3, 0.4) is 0 Å². The molecule has 1 aromatic carbocycles. The summed E-state index contributed by atoms with van der Waals surface area (Å²) < 4.78 is 13.5. The van der Waals surface area contributed by atoms with Gasteiger partial charge in [-0.2, -0.15) is 0 Å². The summed E-state index contributed by atoms with van der Waals surface area (Å²) in [6.07, 6.45) is 1.95. The van der Waals surface area contributed by atoms with Crippen LogP contribution in [0.4, 0.5) is 4.39 Å². The number of amides is 1. The fourth-order valence-corrected chi connectivity index (χ4v) is 4.69. The number of carbonyl (C=O) groups is 1. The maximum Gasteiger partial charge on any atom is 0.254 e. The largest absolute Gasteiger partial charge is 0.392 e. The topological polar surface area (TPSA) is 76.6 Å². The lowest BCUT2D eigenvalue weighted by atomic mass is 9.71. The SMILES string of the molecule is CN1CC[C@H](O)[C@@]2(CCCN(C(=O)c3cc(=O)[nH]c4cc(F)ccc34)C2)C1. The second kappa shape index (κ2) is 6.73. The molecule has 2 aliphatic heterocycles. The minimum absolute atomic E-state index is 0.239. The first-order valence-corrected chi connectivity index (χ1v) is 9.36. The van der Waals surface area contributed by atoms with Gasteiger partial charge in [-0.3, -0.25) is 9.59 Å². The normalized spacial score (nSPS) is 26.6. The molecule has 1 spiro atoms. The van der Waals surface area contributed by atoms with Gasteiger partial charge in [0.05, 0.1) is 17.2 Å². The van der Waals surface area contributed by atoms with E-state index in [1.165, 1.54) is 24.3 Å². The van der Waals surface area contributed by atoms with Crippen LogP contribution in [0.2, 0.25) is 0 Å². The number of benzene rings is 1. The summed E-state index contributed by atoms with van der Waals surface area (Å²) in [5, 5.41) is 11.2. The second-order valence-corrected chi connectivity index (χ2v) is 7.97. The number of nitrogens with zero attached hydrogens (tertiary/aromatic N) is 2. The van der Waals surface area contributed by atoms with Crippen molar-refractivity contribution in [1.29, 1.82) is 0 Å². The molecule has 0 radical (unpaired) electrons. The summed E-state index contributed by atoms with van der Waals surface area (Å²) >= 11 is 0. The third kappa shape index (κ3) is 3.26. The zero-order chi connectivity index (χ0) is 19.2. The number of aromatic nitrogens is 1. The lowest BCUT2D eigenvalue weighted by Crippen LogP contribution is -2.59. The maximum absolute atomic E-state index is 13.5. The van der Waals surface area contributed by atoms with E-state index in [9.17, 15) is 19.1 Å². The van der Waals surface area contributed by atoms with Crippen molar-refractivity contribution < 1.29 is 14.3 Å². The number of fused-ring (bicyclic) bond motifs is 1. The van der Waals surface area contributed by atoms with Crippen molar-refractivity contribution in [3.05, 3.63) is 46.0 Å². The van der Waals surface area contributed by atoms with E-state index < -0.39 is 17.5 Å². The number of H-pyrrole nitrogens is 1. The first kappa shape index (κ1) is 18.1. The van der Waals surface area contributed by atoms with E-state index in [0.717, 1.165) is 25.9 Å². The van der Waals surface area contributed by atoms with Gasteiger partial charge in [0, 0.05) is 43.0 Å². The minimum atomic E-state index is -0.465. The monoisotopic (exact) mass is 373 g/mol. The van der Waals surface area contributed by atoms with Gasteiger partial charge in [-0.05, 0) is 44.5 Å². The smallest absolute Gasteiger partial charge is 0.254 e. The van der Waals surface area contributed by atoms with Crippen LogP contribution in [0, 0.1) is 11.2 Å². The summed E-state index contributed by atoms with van der Waals surface area (Å²) in [4.78, 5) is 31.8. The Hall–Kier alpha value is -2.25. The van der Waals surface area contributed by atoms with Crippen LogP contribution in [-0.4, -0.2) is 65.1 Å². The van der Waals surface area contributed by atoms with E-state index in [1.54, 1.807) is 4.90 Å². The van der Waals surface area contributed by atoms with E-state index in [1.807, 2.05) is 7.05 Å². The van der Waals surface area contributed by atoms with E-state index >= 15 is 0 Å². The molecule has 3 heterocycles. The summed E-state index contributed by atoms with van der Waals surface area (Å²) in [5.41, 5.74) is -0.163. The van der Waals surface area contributed by atoms with Gasteiger partial charge in [0.15, 0.2) is 0 Å². The highest BCUT2D eigenvalue weighted by molar-refractivity contribution is 6.06. The van der Waals surface area contributed by atoms with Crippen molar-refractivity contribution in [1.82, 2.24) is 14.8 Å². The molecule has 1 amide bonds. The molecule has 1 aromatic heterocycles. The number of nitrogens with one attached hydrogen (secondary N) is 1. The number of rotatable bonds is 1. The average molecular weight is 373 g/mol. The molecule has 2 saturated heterocycles. The molecule has 144 valence electrons.